The van der Waals surface area contributed by atoms with Gasteiger partial charge >= 0.3 is 5.69 Å². The van der Waals surface area contributed by atoms with Crippen LogP contribution >= 0.6 is 27.5 Å². The largest absolute Gasteiger partial charge is 0.399 e. The van der Waals surface area contributed by atoms with E-state index in [1.54, 1.807) is 12.1 Å². The number of hydrogen-bond acceptors (Lipinski definition) is 4. The molecule has 1 heterocycles. The maximum atomic E-state index is 11.9. The zero-order valence-electron chi connectivity index (χ0n) is 10.5. The molecule has 110 valence electrons. The monoisotopic (exact) mass is 372 g/mol. The number of nitrogen functional groups attached to an aromatic ring is 1. The Labute approximate surface area is 131 Å². The van der Waals surface area contributed by atoms with Crippen LogP contribution in [0.25, 0.3) is 0 Å². The van der Waals surface area contributed by atoms with Gasteiger partial charge in [0.05, 0.1) is 15.2 Å². The molecule has 9 heteroatoms. The van der Waals surface area contributed by atoms with Crippen molar-refractivity contribution >= 4 is 44.8 Å². The highest BCUT2D eigenvalue weighted by atomic mass is 79.9. The van der Waals surface area contributed by atoms with Gasteiger partial charge in [0.1, 0.15) is 6.54 Å². The van der Waals surface area contributed by atoms with E-state index in [0.717, 1.165) is 4.57 Å². The van der Waals surface area contributed by atoms with Crippen molar-refractivity contribution in [3.8, 4) is 0 Å². The summed E-state index contributed by atoms with van der Waals surface area (Å²) in [5, 5.41) is 2.87. The minimum atomic E-state index is -0.683. The van der Waals surface area contributed by atoms with Crippen LogP contribution in [0.4, 0.5) is 11.4 Å². The summed E-state index contributed by atoms with van der Waals surface area (Å²) in [6, 6.07) is 4.66. The quantitative estimate of drug-likeness (QED) is 0.702. The number of nitrogens with one attached hydrogen (secondary N) is 2. The van der Waals surface area contributed by atoms with Crippen molar-refractivity contribution in [2.24, 2.45) is 0 Å². The molecule has 2 aromatic rings. The summed E-state index contributed by atoms with van der Waals surface area (Å²) in [6.07, 6.45) is 1.24. The van der Waals surface area contributed by atoms with Crippen LogP contribution in [0.2, 0.25) is 5.02 Å². The number of nitrogens with zero attached hydrogens (tertiary/aromatic N) is 1. The molecule has 0 spiro atoms. The van der Waals surface area contributed by atoms with E-state index in [0.29, 0.717) is 16.4 Å². The van der Waals surface area contributed by atoms with Gasteiger partial charge in [-0.1, -0.05) is 11.6 Å². The van der Waals surface area contributed by atoms with Gasteiger partial charge in [0, 0.05) is 11.9 Å². The predicted octanol–water partition coefficient (Wildman–Crippen LogP) is 1.17. The minimum Gasteiger partial charge on any atom is -0.399 e. The molecule has 0 radical (unpaired) electrons. The summed E-state index contributed by atoms with van der Waals surface area (Å²) in [5.41, 5.74) is 5.15. The SMILES string of the molecule is Nc1ccc(Cl)c(NC(=O)Cn2cc(Br)c(=O)[nH]c2=O)c1. The highest BCUT2D eigenvalue weighted by molar-refractivity contribution is 9.10. The molecule has 0 aliphatic rings. The molecule has 21 heavy (non-hydrogen) atoms. The highest BCUT2D eigenvalue weighted by Crippen LogP contribution is 2.23. The van der Waals surface area contributed by atoms with Crippen molar-refractivity contribution in [1.29, 1.82) is 0 Å². The Morgan fingerprint density at radius 1 is 1.43 bits per heavy atom. The van der Waals surface area contributed by atoms with E-state index < -0.39 is 17.2 Å². The lowest BCUT2D eigenvalue weighted by molar-refractivity contribution is -0.116. The Bertz CT molecular complexity index is 815. The fraction of sp³-hybridized carbons (Fsp3) is 0.0833. The molecule has 1 aromatic heterocycles. The smallest absolute Gasteiger partial charge is 0.328 e. The van der Waals surface area contributed by atoms with E-state index in [1.165, 1.54) is 12.3 Å². The number of aromatic nitrogens is 2. The van der Waals surface area contributed by atoms with E-state index >= 15 is 0 Å². The van der Waals surface area contributed by atoms with Crippen LogP contribution in [0.3, 0.4) is 0 Å². The summed E-state index contributed by atoms with van der Waals surface area (Å²) in [5.74, 6) is -0.483. The number of aromatic amines is 1. The lowest BCUT2D eigenvalue weighted by Gasteiger charge is -2.09. The molecule has 1 amide bonds. The zero-order chi connectivity index (χ0) is 15.6. The van der Waals surface area contributed by atoms with Crippen LogP contribution in [-0.4, -0.2) is 15.5 Å². The predicted molar refractivity (Wildman–Crippen MR) is 83.5 cm³/mol. The normalized spacial score (nSPS) is 10.4. The van der Waals surface area contributed by atoms with Crippen molar-refractivity contribution < 1.29 is 4.79 Å². The number of hydrogen-bond donors (Lipinski definition) is 3. The van der Waals surface area contributed by atoms with Crippen molar-refractivity contribution in [3.05, 3.63) is 54.7 Å². The number of anilines is 2. The highest BCUT2D eigenvalue weighted by Gasteiger charge is 2.09. The molecule has 0 aliphatic heterocycles. The van der Waals surface area contributed by atoms with Gasteiger partial charge in [0.2, 0.25) is 5.91 Å². The summed E-state index contributed by atoms with van der Waals surface area (Å²) < 4.78 is 1.21. The number of amides is 1. The fourth-order valence-corrected chi connectivity index (χ4v) is 2.09. The van der Waals surface area contributed by atoms with Crippen molar-refractivity contribution in [2.45, 2.75) is 6.54 Å². The van der Waals surface area contributed by atoms with Crippen LogP contribution in [0, 0.1) is 0 Å². The van der Waals surface area contributed by atoms with Gasteiger partial charge in [0.25, 0.3) is 5.56 Å². The van der Waals surface area contributed by atoms with Gasteiger partial charge in [-0.05, 0) is 34.1 Å². The summed E-state index contributed by atoms with van der Waals surface area (Å²) in [4.78, 5) is 36.8. The Hall–Kier alpha value is -2.06. The molecule has 4 N–H and O–H groups in total. The first kappa shape index (κ1) is 15.3. The number of rotatable bonds is 3. The number of carbonyl (C=O) groups is 1. The van der Waals surface area contributed by atoms with Crippen molar-refractivity contribution in [1.82, 2.24) is 9.55 Å². The number of benzene rings is 1. The molecule has 7 nitrogen and oxygen atoms in total. The lowest BCUT2D eigenvalue weighted by Crippen LogP contribution is -2.33. The van der Waals surface area contributed by atoms with E-state index in [1.807, 2.05) is 0 Å². The van der Waals surface area contributed by atoms with Crippen molar-refractivity contribution in [3.63, 3.8) is 0 Å². The summed E-state index contributed by atoms with van der Waals surface area (Å²) in [7, 11) is 0. The molecule has 0 saturated heterocycles. The summed E-state index contributed by atoms with van der Waals surface area (Å²) in [6.45, 7) is -0.278. The summed E-state index contributed by atoms with van der Waals surface area (Å²) >= 11 is 8.91. The average molecular weight is 374 g/mol. The van der Waals surface area contributed by atoms with Gasteiger partial charge in [0.15, 0.2) is 0 Å². The van der Waals surface area contributed by atoms with Gasteiger partial charge < -0.3 is 11.1 Å². The van der Waals surface area contributed by atoms with Gasteiger partial charge in [-0.15, -0.1) is 0 Å². The third kappa shape index (κ3) is 3.73. The molecular formula is C12H10BrClN4O3. The maximum absolute atomic E-state index is 11.9. The molecule has 0 aliphatic carbocycles. The van der Waals surface area contributed by atoms with Crippen LogP contribution < -0.4 is 22.3 Å². The van der Waals surface area contributed by atoms with E-state index in [9.17, 15) is 14.4 Å². The number of H-pyrrole nitrogens is 1. The maximum Gasteiger partial charge on any atom is 0.328 e. The Balaban J connectivity index is 2.19. The van der Waals surface area contributed by atoms with E-state index in [2.05, 4.69) is 26.2 Å². The van der Waals surface area contributed by atoms with Crippen molar-refractivity contribution in [2.75, 3.05) is 11.1 Å². The third-order valence-electron chi connectivity index (χ3n) is 2.55. The lowest BCUT2D eigenvalue weighted by atomic mass is 10.3. The second-order valence-electron chi connectivity index (χ2n) is 4.15. The first-order chi connectivity index (χ1) is 9.86. The second-order valence-corrected chi connectivity index (χ2v) is 5.41. The number of nitrogens with two attached hydrogens (primary N) is 1. The molecule has 0 unspecified atom stereocenters. The molecule has 0 fully saturated rings. The minimum absolute atomic E-state index is 0.150. The van der Waals surface area contributed by atoms with Crippen LogP contribution in [0.15, 0.2) is 38.5 Å². The first-order valence-corrected chi connectivity index (χ1v) is 6.88. The van der Waals surface area contributed by atoms with Crippen LogP contribution in [-0.2, 0) is 11.3 Å². The molecule has 0 bridgehead atoms. The molecule has 1 aromatic carbocycles. The topological polar surface area (TPSA) is 110 Å². The Kier molecular flexibility index (Phi) is 4.49. The number of carbonyl (C=O) groups excluding carboxylic acids is 1. The van der Waals surface area contributed by atoms with E-state index in [4.69, 9.17) is 17.3 Å². The fourth-order valence-electron chi connectivity index (χ4n) is 1.58. The molecular weight excluding hydrogens is 364 g/mol. The zero-order valence-corrected chi connectivity index (χ0v) is 12.9. The Morgan fingerprint density at radius 3 is 2.86 bits per heavy atom. The van der Waals surface area contributed by atoms with Gasteiger partial charge in [-0.3, -0.25) is 19.1 Å². The Morgan fingerprint density at radius 2 is 2.14 bits per heavy atom. The first-order valence-electron chi connectivity index (χ1n) is 5.71. The molecule has 0 atom stereocenters. The standard InChI is InChI=1S/C12H10BrClN4O3/c13-7-4-18(12(21)17-11(7)20)5-10(19)16-9-3-6(15)1-2-8(9)14/h1-4H,5,15H2,(H,16,19)(H,17,20,21). The second kappa shape index (κ2) is 6.15. The third-order valence-corrected chi connectivity index (χ3v) is 3.44. The molecule has 0 saturated carbocycles. The molecule has 2 rings (SSSR count). The average Bonchev–Trinajstić information content (AvgIpc) is 2.40. The van der Waals surface area contributed by atoms with Gasteiger partial charge in [-0.25, -0.2) is 4.79 Å². The van der Waals surface area contributed by atoms with E-state index in [-0.39, 0.29) is 11.0 Å². The number of halogens is 2. The van der Waals surface area contributed by atoms with Crippen LogP contribution in [0.1, 0.15) is 0 Å². The van der Waals surface area contributed by atoms with Gasteiger partial charge in [-0.2, -0.15) is 0 Å². The van der Waals surface area contributed by atoms with Crippen LogP contribution in [0.5, 0.6) is 0 Å².